The second kappa shape index (κ2) is 13.6. The Labute approximate surface area is 215 Å². The highest BCUT2D eigenvalue weighted by Gasteiger charge is 2.19. The summed E-state index contributed by atoms with van der Waals surface area (Å²) in [7, 11) is 0. The van der Waals surface area contributed by atoms with Crippen molar-refractivity contribution < 1.29 is 29.6 Å². The Morgan fingerprint density at radius 2 is 1.53 bits per heavy atom. The Balaban J connectivity index is 0.000000306. The lowest BCUT2D eigenvalue weighted by atomic mass is 9.86. The van der Waals surface area contributed by atoms with Crippen LogP contribution < -0.4 is 10.1 Å². The number of aromatic hydroxyl groups is 3. The Morgan fingerprint density at radius 3 is 1.94 bits per heavy atom. The molecule has 0 saturated heterocycles. The second-order valence-electron chi connectivity index (χ2n) is 10.5. The fourth-order valence-electron chi connectivity index (χ4n) is 3.17. The van der Waals surface area contributed by atoms with E-state index in [1.165, 1.54) is 19.1 Å². The number of benzene rings is 2. The minimum absolute atomic E-state index is 0.0697. The van der Waals surface area contributed by atoms with E-state index in [-0.39, 0.29) is 34.0 Å². The highest BCUT2D eigenvalue weighted by atomic mass is 16.5. The van der Waals surface area contributed by atoms with Crippen molar-refractivity contribution in [2.45, 2.75) is 66.2 Å². The maximum Gasteiger partial charge on any atom is 0.216 e. The van der Waals surface area contributed by atoms with Crippen LogP contribution in [0.3, 0.4) is 0 Å². The molecule has 0 spiro atoms. The predicted molar refractivity (Wildman–Crippen MR) is 143 cm³/mol. The Bertz CT molecular complexity index is 1020. The zero-order valence-corrected chi connectivity index (χ0v) is 22.8. The molecule has 0 aromatic heterocycles. The van der Waals surface area contributed by atoms with E-state index in [0.717, 1.165) is 30.2 Å². The summed E-state index contributed by atoms with van der Waals surface area (Å²) in [5, 5.41) is 31.1. The van der Waals surface area contributed by atoms with Gasteiger partial charge in [-0.1, -0.05) is 41.5 Å². The molecule has 0 saturated carbocycles. The van der Waals surface area contributed by atoms with Crippen molar-refractivity contribution in [1.29, 1.82) is 0 Å². The molecule has 2 aromatic carbocycles. The minimum atomic E-state index is -0.138. The number of carbonyl (C=O) groups is 1. The fraction of sp³-hybridized carbons (Fsp3) is 0.500. The van der Waals surface area contributed by atoms with Gasteiger partial charge in [-0.2, -0.15) is 0 Å². The van der Waals surface area contributed by atoms with Gasteiger partial charge in [0.05, 0.1) is 13.1 Å². The van der Waals surface area contributed by atoms with Gasteiger partial charge < -0.3 is 30.1 Å². The molecule has 1 aliphatic heterocycles. The van der Waals surface area contributed by atoms with Crippen LogP contribution in [-0.4, -0.2) is 53.4 Å². The monoisotopic (exact) mass is 502 g/mol. The largest absolute Gasteiger partial charge is 0.508 e. The van der Waals surface area contributed by atoms with E-state index in [1.807, 2.05) is 54.5 Å². The van der Waals surface area contributed by atoms with Crippen molar-refractivity contribution in [1.82, 2.24) is 5.32 Å². The molecule has 0 atom stereocenters. The van der Waals surface area contributed by atoms with E-state index >= 15 is 0 Å². The van der Waals surface area contributed by atoms with Crippen LogP contribution in [0.25, 0.3) is 0 Å². The van der Waals surface area contributed by atoms with Crippen LogP contribution in [0.1, 0.15) is 66.5 Å². The fourth-order valence-corrected chi connectivity index (χ4v) is 3.17. The Hall–Kier alpha value is -3.42. The molecule has 1 aliphatic rings. The van der Waals surface area contributed by atoms with E-state index in [2.05, 4.69) is 10.3 Å². The zero-order chi connectivity index (χ0) is 27.5. The van der Waals surface area contributed by atoms with Gasteiger partial charge in [-0.05, 0) is 47.2 Å². The zero-order valence-electron chi connectivity index (χ0n) is 22.8. The second-order valence-corrected chi connectivity index (χ2v) is 10.5. The molecule has 2 aromatic rings. The number of phenols is 3. The third-order valence-corrected chi connectivity index (χ3v) is 5.05. The summed E-state index contributed by atoms with van der Waals surface area (Å²) < 4.78 is 10.4. The SMILES string of the molecule is CC(=O)NCCOc1ccc(O)c(C(C)(C)C)c1.CC(C)(C)c1cc(O)ccc1O.CC1=NCCO1. The van der Waals surface area contributed by atoms with E-state index in [9.17, 15) is 20.1 Å². The first-order valence-corrected chi connectivity index (χ1v) is 12.0. The predicted octanol–water partition coefficient (Wildman–Crippen LogP) is 5.03. The standard InChI is InChI=1S/C14H21NO3.C10H14O2.C4H7NO/c1-10(16)15-7-8-18-11-5-6-13(17)12(9-11)14(2,3)4;1-10(2,3)8-6-7(11)4-5-9(8)12;1-4-5-2-3-6-4/h5-6,9,17H,7-8H2,1-4H3,(H,15,16);4-6,11-12H,1-3H3;2-3H2,1H3. The number of rotatable bonds is 4. The average Bonchev–Trinajstić information content (AvgIpc) is 3.24. The minimum Gasteiger partial charge on any atom is -0.508 e. The molecule has 3 rings (SSSR count). The number of hydrogen-bond donors (Lipinski definition) is 4. The van der Waals surface area contributed by atoms with E-state index in [1.54, 1.807) is 18.2 Å². The van der Waals surface area contributed by atoms with Gasteiger partial charge in [-0.3, -0.25) is 9.79 Å². The molecule has 1 heterocycles. The van der Waals surface area contributed by atoms with Gasteiger partial charge >= 0.3 is 0 Å². The lowest BCUT2D eigenvalue weighted by Crippen LogP contribution is -2.25. The van der Waals surface area contributed by atoms with Gasteiger partial charge in [0.25, 0.3) is 0 Å². The van der Waals surface area contributed by atoms with E-state index in [4.69, 9.17) is 9.47 Å². The number of nitrogens with zero attached hydrogens (tertiary/aromatic N) is 1. The molecular formula is C28H42N2O6. The van der Waals surface area contributed by atoms with Gasteiger partial charge in [-0.25, -0.2) is 0 Å². The molecule has 8 nitrogen and oxygen atoms in total. The van der Waals surface area contributed by atoms with E-state index in [0.29, 0.717) is 18.9 Å². The summed E-state index contributed by atoms with van der Waals surface area (Å²) in [5.41, 5.74) is 1.34. The molecule has 36 heavy (non-hydrogen) atoms. The molecule has 0 fully saturated rings. The van der Waals surface area contributed by atoms with Gasteiger partial charge in [0.2, 0.25) is 5.91 Å². The number of amides is 1. The summed E-state index contributed by atoms with van der Waals surface area (Å²) >= 11 is 0. The molecule has 1 amide bonds. The third-order valence-electron chi connectivity index (χ3n) is 5.05. The molecule has 8 heteroatoms. The summed E-state index contributed by atoms with van der Waals surface area (Å²) in [5.74, 6) is 2.16. The highest BCUT2D eigenvalue weighted by molar-refractivity contribution is 5.74. The topological polar surface area (TPSA) is 121 Å². The van der Waals surface area contributed by atoms with Crippen molar-refractivity contribution in [2.24, 2.45) is 4.99 Å². The first-order chi connectivity index (χ1) is 16.6. The normalized spacial score (nSPS) is 12.7. The number of phenolic OH excluding ortho intramolecular Hbond substituents is 3. The summed E-state index contributed by atoms with van der Waals surface area (Å²) in [6, 6.07) is 9.77. The smallest absolute Gasteiger partial charge is 0.216 e. The number of carbonyl (C=O) groups excluding carboxylic acids is 1. The number of ether oxygens (including phenoxy) is 2. The summed E-state index contributed by atoms with van der Waals surface area (Å²) in [4.78, 5) is 14.6. The van der Waals surface area contributed by atoms with Crippen molar-refractivity contribution in [3.63, 3.8) is 0 Å². The maximum atomic E-state index is 10.7. The first-order valence-electron chi connectivity index (χ1n) is 12.0. The van der Waals surface area contributed by atoms with Gasteiger partial charge in [0, 0.05) is 25.0 Å². The highest BCUT2D eigenvalue weighted by Crippen LogP contribution is 2.34. The molecule has 0 radical (unpaired) electrons. The lowest BCUT2D eigenvalue weighted by molar-refractivity contribution is -0.119. The molecule has 0 bridgehead atoms. The van der Waals surface area contributed by atoms with Crippen molar-refractivity contribution in [3.05, 3.63) is 47.5 Å². The van der Waals surface area contributed by atoms with Crippen LogP contribution in [0.2, 0.25) is 0 Å². The van der Waals surface area contributed by atoms with Gasteiger partial charge in [-0.15, -0.1) is 0 Å². The number of nitrogens with one attached hydrogen (secondary N) is 1. The third kappa shape index (κ3) is 11.3. The van der Waals surface area contributed by atoms with Crippen molar-refractivity contribution in [2.75, 3.05) is 26.3 Å². The van der Waals surface area contributed by atoms with Crippen molar-refractivity contribution in [3.8, 4) is 23.0 Å². The van der Waals surface area contributed by atoms with E-state index < -0.39 is 0 Å². The number of aliphatic imine (C=N–C) groups is 1. The van der Waals surface area contributed by atoms with Crippen LogP contribution in [0, 0.1) is 0 Å². The van der Waals surface area contributed by atoms with Crippen LogP contribution in [0.5, 0.6) is 23.0 Å². The maximum absolute atomic E-state index is 10.7. The Kier molecular flexibility index (Phi) is 11.6. The molecular weight excluding hydrogens is 460 g/mol. The van der Waals surface area contributed by atoms with Crippen molar-refractivity contribution >= 4 is 11.8 Å². The first kappa shape index (κ1) is 30.6. The van der Waals surface area contributed by atoms with Crippen LogP contribution in [0.15, 0.2) is 41.4 Å². The summed E-state index contributed by atoms with van der Waals surface area (Å²) in [6.07, 6.45) is 0. The molecule has 0 aliphatic carbocycles. The Morgan fingerprint density at radius 1 is 0.972 bits per heavy atom. The molecule has 0 unspecified atom stereocenters. The quantitative estimate of drug-likeness (QED) is 0.344. The van der Waals surface area contributed by atoms with Crippen LogP contribution in [-0.2, 0) is 20.4 Å². The van der Waals surface area contributed by atoms with Crippen LogP contribution >= 0.6 is 0 Å². The molecule has 200 valence electrons. The number of hydrogen-bond acceptors (Lipinski definition) is 7. The van der Waals surface area contributed by atoms with Gasteiger partial charge in [0.15, 0.2) is 5.90 Å². The average molecular weight is 503 g/mol. The van der Waals surface area contributed by atoms with Crippen LogP contribution in [0.4, 0.5) is 0 Å². The van der Waals surface area contributed by atoms with Gasteiger partial charge in [0.1, 0.15) is 36.2 Å². The summed E-state index contributed by atoms with van der Waals surface area (Å²) in [6.45, 7) is 17.9. The molecule has 4 N–H and O–H groups in total. The lowest BCUT2D eigenvalue weighted by Gasteiger charge is -2.21.